The summed E-state index contributed by atoms with van der Waals surface area (Å²) in [5.41, 5.74) is 5.50. The van der Waals surface area contributed by atoms with Crippen LogP contribution in [0.5, 0.6) is 0 Å². The molecule has 0 amide bonds. The summed E-state index contributed by atoms with van der Waals surface area (Å²) in [6, 6.07) is 7.38. The fourth-order valence-electron chi connectivity index (χ4n) is 2.91. The topological polar surface area (TPSA) is 64.7 Å². The van der Waals surface area contributed by atoms with Crippen LogP contribution in [0.4, 0.5) is 0 Å². The maximum Gasteiger partial charge on any atom is 0.205 e. The number of fused-ring (bicyclic) bond motifs is 2. The van der Waals surface area contributed by atoms with Gasteiger partial charge in [0.15, 0.2) is 17.5 Å². The summed E-state index contributed by atoms with van der Waals surface area (Å²) in [6.07, 6.45) is 1.85. The molecule has 1 aliphatic heterocycles. The van der Waals surface area contributed by atoms with Crippen LogP contribution < -0.4 is 5.73 Å². The summed E-state index contributed by atoms with van der Waals surface area (Å²) >= 11 is 6.26. The molecule has 2 N–H and O–H groups in total. The van der Waals surface area contributed by atoms with Crippen molar-refractivity contribution in [1.82, 2.24) is 0 Å². The first-order valence-electron chi connectivity index (χ1n) is 6.42. The molecule has 0 aromatic heterocycles. The molecule has 1 aliphatic carbocycles. The average molecular weight is 279 g/mol. The van der Waals surface area contributed by atoms with Crippen molar-refractivity contribution in [2.75, 3.05) is 6.54 Å². The normalized spacial score (nSPS) is 29.7. The molecule has 2 aliphatic rings. The third-order valence-electron chi connectivity index (χ3n) is 3.79. The van der Waals surface area contributed by atoms with Crippen molar-refractivity contribution in [3.63, 3.8) is 0 Å². The second kappa shape index (κ2) is 4.62. The van der Waals surface area contributed by atoms with Gasteiger partial charge in [-0.15, -0.1) is 0 Å². The van der Waals surface area contributed by atoms with Gasteiger partial charge in [0.25, 0.3) is 0 Å². The van der Waals surface area contributed by atoms with E-state index in [9.17, 15) is 4.79 Å². The highest BCUT2D eigenvalue weighted by Crippen LogP contribution is 2.44. The molecule has 1 saturated carbocycles. The Hall–Kier alpha value is -1.39. The number of nitrogens with zero attached hydrogens (tertiary/aromatic N) is 1. The first kappa shape index (κ1) is 12.6. The van der Waals surface area contributed by atoms with Gasteiger partial charge in [-0.05, 0) is 25.3 Å². The molecule has 1 aromatic carbocycles. The molecule has 0 saturated heterocycles. The third-order valence-corrected chi connectivity index (χ3v) is 4.12. The first-order chi connectivity index (χ1) is 9.17. The van der Waals surface area contributed by atoms with Crippen LogP contribution in [0, 0.1) is 0 Å². The van der Waals surface area contributed by atoms with Crippen molar-refractivity contribution >= 4 is 23.3 Å². The van der Waals surface area contributed by atoms with Gasteiger partial charge in [0.2, 0.25) is 5.78 Å². The number of benzene rings is 1. The number of halogens is 1. The Morgan fingerprint density at radius 3 is 3.00 bits per heavy atom. The molecule has 1 aromatic rings. The van der Waals surface area contributed by atoms with E-state index in [2.05, 4.69) is 4.99 Å². The zero-order chi connectivity index (χ0) is 13.5. The molecule has 2 bridgehead atoms. The summed E-state index contributed by atoms with van der Waals surface area (Å²) in [4.78, 5) is 17.1. The number of carbonyl (C=O) groups is 1. The molecule has 1 heterocycles. The molecular weight excluding hydrogens is 264 g/mol. The van der Waals surface area contributed by atoms with Crippen LogP contribution in [-0.4, -0.2) is 24.3 Å². The number of hydrogen-bond acceptors (Lipinski definition) is 4. The van der Waals surface area contributed by atoms with E-state index in [0.29, 0.717) is 17.3 Å². The lowest BCUT2D eigenvalue weighted by molar-refractivity contribution is -0.137. The summed E-state index contributed by atoms with van der Waals surface area (Å²) in [6.45, 7) is 0.204. The van der Waals surface area contributed by atoms with Gasteiger partial charge in [0, 0.05) is 10.6 Å². The number of carbonyl (C=O) groups excluding carboxylic acids is 1. The minimum Gasteiger partial charge on any atom is -0.469 e. The molecule has 19 heavy (non-hydrogen) atoms. The van der Waals surface area contributed by atoms with E-state index in [1.165, 1.54) is 0 Å². The standard InChI is InChI=1S/C14H15ClN2O2/c15-10-5-2-1-4-9(10)14-7-3-6-11(13(14)18)19-12(8-16)17-14/h1-2,4-5,11H,3,6-8,16H2. The van der Waals surface area contributed by atoms with Crippen LogP contribution in [0.1, 0.15) is 24.8 Å². The van der Waals surface area contributed by atoms with E-state index < -0.39 is 11.6 Å². The molecule has 1 fully saturated rings. The van der Waals surface area contributed by atoms with Gasteiger partial charge < -0.3 is 10.5 Å². The van der Waals surface area contributed by atoms with Gasteiger partial charge in [0.05, 0.1) is 6.54 Å². The highest BCUT2D eigenvalue weighted by atomic mass is 35.5. The first-order valence-corrected chi connectivity index (χ1v) is 6.80. The number of ether oxygens (including phenoxy) is 1. The van der Waals surface area contributed by atoms with E-state index >= 15 is 0 Å². The molecule has 100 valence electrons. The van der Waals surface area contributed by atoms with Crippen molar-refractivity contribution in [2.45, 2.75) is 30.9 Å². The van der Waals surface area contributed by atoms with Gasteiger partial charge in [-0.25, -0.2) is 4.99 Å². The van der Waals surface area contributed by atoms with Crippen molar-refractivity contribution in [2.24, 2.45) is 10.7 Å². The zero-order valence-electron chi connectivity index (χ0n) is 10.4. The smallest absolute Gasteiger partial charge is 0.205 e. The number of nitrogens with two attached hydrogens (primary N) is 1. The number of rotatable bonds is 2. The van der Waals surface area contributed by atoms with Crippen LogP contribution in [0.25, 0.3) is 0 Å². The Bertz CT molecular complexity index is 558. The lowest BCUT2D eigenvalue weighted by Gasteiger charge is -2.41. The highest BCUT2D eigenvalue weighted by Gasteiger charge is 2.51. The summed E-state index contributed by atoms with van der Waals surface area (Å²) < 4.78 is 5.54. The van der Waals surface area contributed by atoms with Gasteiger partial charge >= 0.3 is 0 Å². The molecule has 2 unspecified atom stereocenters. The molecule has 4 nitrogen and oxygen atoms in total. The quantitative estimate of drug-likeness (QED) is 0.900. The van der Waals surface area contributed by atoms with Crippen LogP contribution in [-0.2, 0) is 15.1 Å². The number of Topliss-reactive ketones (excluding diaryl/α,β-unsaturated/α-hetero) is 1. The van der Waals surface area contributed by atoms with E-state index in [1.807, 2.05) is 18.2 Å². The van der Waals surface area contributed by atoms with Crippen molar-refractivity contribution in [3.05, 3.63) is 34.9 Å². The predicted octanol–water partition coefficient (Wildman–Crippen LogP) is 2.04. The van der Waals surface area contributed by atoms with Crippen LogP contribution in [0.15, 0.2) is 29.3 Å². The molecule has 0 spiro atoms. The van der Waals surface area contributed by atoms with Gasteiger partial charge in [-0.3, -0.25) is 4.79 Å². The second-order valence-corrected chi connectivity index (χ2v) is 5.32. The summed E-state index contributed by atoms with van der Waals surface area (Å²) in [5, 5.41) is 0.568. The number of aliphatic imine (C=N–C) groups is 1. The molecule has 5 heteroatoms. The molecular formula is C14H15ClN2O2. The van der Waals surface area contributed by atoms with Gasteiger partial charge in [0.1, 0.15) is 0 Å². The molecule has 0 radical (unpaired) electrons. The fraction of sp³-hybridized carbons (Fsp3) is 0.429. The molecule has 2 atom stereocenters. The van der Waals surface area contributed by atoms with E-state index in [1.54, 1.807) is 6.07 Å². The fourth-order valence-corrected chi connectivity index (χ4v) is 3.20. The minimum atomic E-state index is -0.895. The Balaban J connectivity index is 2.18. The third kappa shape index (κ3) is 1.86. The lowest BCUT2D eigenvalue weighted by Crippen LogP contribution is -2.52. The molecule has 3 rings (SSSR count). The maximum atomic E-state index is 12.6. The largest absolute Gasteiger partial charge is 0.469 e. The van der Waals surface area contributed by atoms with Gasteiger partial charge in [-0.1, -0.05) is 29.8 Å². The maximum absolute atomic E-state index is 12.6. The van der Waals surface area contributed by atoms with Crippen LogP contribution >= 0.6 is 11.6 Å². The lowest BCUT2D eigenvalue weighted by atomic mass is 9.74. The Morgan fingerprint density at radius 2 is 2.26 bits per heavy atom. The van der Waals surface area contributed by atoms with E-state index in [-0.39, 0.29) is 12.3 Å². The van der Waals surface area contributed by atoms with Crippen LogP contribution in [0.3, 0.4) is 0 Å². The summed E-state index contributed by atoms with van der Waals surface area (Å²) in [5.74, 6) is 0.452. The highest BCUT2D eigenvalue weighted by molar-refractivity contribution is 6.32. The van der Waals surface area contributed by atoms with Crippen molar-refractivity contribution in [3.8, 4) is 0 Å². The predicted molar refractivity (Wildman–Crippen MR) is 73.4 cm³/mol. The zero-order valence-corrected chi connectivity index (χ0v) is 11.2. The van der Waals surface area contributed by atoms with Crippen LogP contribution in [0.2, 0.25) is 5.02 Å². The Morgan fingerprint density at radius 1 is 1.47 bits per heavy atom. The summed E-state index contributed by atoms with van der Waals surface area (Å²) in [7, 11) is 0. The average Bonchev–Trinajstić information content (AvgIpc) is 2.40. The number of hydrogen-bond donors (Lipinski definition) is 1. The Kier molecular flexibility index (Phi) is 3.07. The Labute approximate surface area is 116 Å². The van der Waals surface area contributed by atoms with E-state index in [4.69, 9.17) is 22.1 Å². The van der Waals surface area contributed by atoms with Gasteiger partial charge in [-0.2, -0.15) is 0 Å². The number of ketones is 1. The minimum absolute atomic E-state index is 0.00375. The van der Waals surface area contributed by atoms with Crippen molar-refractivity contribution in [1.29, 1.82) is 0 Å². The monoisotopic (exact) mass is 278 g/mol. The van der Waals surface area contributed by atoms with Crippen molar-refractivity contribution < 1.29 is 9.53 Å². The van der Waals surface area contributed by atoms with E-state index in [0.717, 1.165) is 18.4 Å². The SMILES string of the molecule is NCC1=NC2(c3ccccc3Cl)CCCC(O1)C2=O. The second-order valence-electron chi connectivity index (χ2n) is 4.91.